The third kappa shape index (κ3) is 2.79. The van der Waals surface area contributed by atoms with Crippen LogP contribution >= 0.6 is 0 Å². The molecule has 5 heteroatoms. The number of halogens is 1. The number of piperidine rings is 1. The van der Waals surface area contributed by atoms with Gasteiger partial charge >= 0.3 is 0 Å². The second-order valence-electron chi connectivity index (χ2n) is 4.71. The van der Waals surface area contributed by atoms with Gasteiger partial charge in [0.25, 0.3) is 0 Å². The molecular formula is C13H17FN2O2. The van der Waals surface area contributed by atoms with Gasteiger partial charge < -0.3 is 15.7 Å². The number of phenolic OH excluding ortho intramolecular Hbond substituents is 1. The zero-order chi connectivity index (χ0) is 13.1. The molecule has 0 spiro atoms. The maximum atomic E-state index is 13.1. The van der Waals surface area contributed by atoms with Gasteiger partial charge in [0.15, 0.2) is 11.6 Å². The minimum absolute atomic E-state index is 0.160. The first-order chi connectivity index (χ1) is 8.58. The second kappa shape index (κ2) is 5.35. The molecule has 0 aromatic heterocycles. The van der Waals surface area contributed by atoms with Crippen LogP contribution in [0.3, 0.4) is 0 Å². The van der Waals surface area contributed by atoms with Gasteiger partial charge in [-0.3, -0.25) is 4.79 Å². The molecule has 0 radical (unpaired) electrons. The Morgan fingerprint density at radius 1 is 1.56 bits per heavy atom. The highest BCUT2D eigenvalue weighted by atomic mass is 19.1. The van der Waals surface area contributed by atoms with Crippen molar-refractivity contribution >= 4 is 11.6 Å². The van der Waals surface area contributed by atoms with Gasteiger partial charge in [-0.15, -0.1) is 0 Å². The van der Waals surface area contributed by atoms with Crippen molar-refractivity contribution in [3.63, 3.8) is 0 Å². The highest BCUT2D eigenvalue weighted by Gasteiger charge is 2.27. The van der Waals surface area contributed by atoms with E-state index in [-0.39, 0.29) is 17.9 Å². The smallest absolute Gasteiger partial charge is 0.241 e. The molecule has 2 unspecified atom stereocenters. The number of aromatic hydroxyl groups is 1. The van der Waals surface area contributed by atoms with Crippen molar-refractivity contribution in [1.29, 1.82) is 0 Å². The Balaban J connectivity index is 2.04. The lowest BCUT2D eigenvalue weighted by atomic mass is 9.92. The van der Waals surface area contributed by atoms with Crippen LogP contribution in [0.5, 0.6) is 5.75 Å². The summed E-state index contributed by atoms with van der Waals surface area (Å²) in [6, 6.07) is 3.57. The Morgan fingerprint density at radius 2 is 2.33 bits per heavy atom. The predicted molar refractivity (Wildman–Crippen MR) is 66.9 cm³/mol. The van der Waals surface area contributed by atoms with E-state index in [1.165, 1.54) is 12.1 Å². The van der Waals surface area contributed by atoms with Gasteiger partial charge in [0, 0.05) is 11.8 Å². The lowest BCUT2D eigenvalue weighted by molar-refractivity contribution is -0.119. The van der Waals surface area contributed by atoms with Crippen molar-refractivity contribution in [2.24, 2.45) is 5.92 Å². The monoisotopic (exact) mass is 252 g/mol. The number of amides is 1. The number of hydrogen-bond acceptors (Lipinski definition) is 3. The average Bonchev–Trinajstić information content (AvgIpc) is 2.34. The quantitative estimate of drug-likeness (QED) is 0.704. The zero-order valence-electron chi connectivity index (χ0n) is 10.2. The molecule has 1 aromatic carbocycles. The van der Waals surface area contributed by atoms with Crippen molar-refractivity contribution in [1.82, 2.24) is 5.32 Å². The van der Waals surface area contributed by atoms with Crippen molar-refractivity contribution in [2.75, 3.05) is 11.9 Å². The molecule has 3 N–H and O–H groups in total. The Hall–Kier alpha value is -1.62. The van der Waals surface area contributed by atoms with E-state index in [9.17, 15) is 9.18 Å². The van der Waals surface area contributed by atoms with Crippen molar-refractivity contribution in [3.05, 3.63) is 24.0 Å². The summed E-state index contributed by atoms with van der Waals surface area (Å²) < 4.78 is 13.1. The number of anilines is 1. The molecule has 2 rings (SSSR count). The molecule has 1 aromatic rings. The van der Waals surface area contributed by atoms with E-state index in [0.29, 0.717) is 5.69 Å². The Kier molecular flexibility index (Phi) is 3.81. The highest BCUT2D eigenvalue weighted by Crippen LogP contribution is 2.21. The summed E-state index contributed by atoms with van der Waals surface area (Å²) in [6.45, 7) is 2.85. The van der Waals surface area contributed by atoms with E-state index in [0.717, 1.165) is 25.5 Å². The van der Waals surface area contributed by atoms with Crippen LogP contribution in [0.25, 0.3) is 0 Å². The molecule has 0 saturated carbocycles. The molecule has 0 bridgehead atoms. The Bertz CT molecular complexity index is 451. The molecule has 1 heterocycles. The van der Waals surface area contributed by atoms with Crippen LogP contribution in [0.4, 0.5) is 10.1 Å². The summed E-state index contributed by atoms with van der Waals surface area (Å²) in [6.07, 6.45) is 2.08. The van der Waals surface area contributed by atoms with Gasteiger partial charge in [-0.1, -0.05) is 6.92 Å². The summed E-state index contributed by atoms with van der Waals surface area (Å²) in [5.74, 6) is -1.05. The van der Waals surface area contributed by atoms with E-state index in [4.69, 9.17) is 5.11 Å². The normalized spacial score (nSPS) is 23.7. The van der Waals surface area contributed by atoms with Crippen LogP contribution in [-0.4, -0.2) is 23.6 Å². The van der Waals surface area contributed by atoms with Gasteiger partial charge in [0.05, 0.1) is 6.04 Å². The van der Waals surface area contributed by atoms with Crippen LogP contribution in [0.1, 0.15) is 19.8 Å². The third-order valence-electron chi connectivity index (χ3n) is 3.27. The molecule has 18 heavy (non-hydrogen) atoms. The number of benzene rings is 1. The standard InChI is InChI=1S/C13H17FN2O2/c1-8-3-2-6-15-12(8)13(18)16-9-4-5-11(17)10(14)7-9/h4-5,7-8,12,15,17H,2-3,6H2,1H3,(H,16,18). The molecular weight excluding hydrogens is 235 g/mol. The topological polar surface area (TPSA) is 61.4 Å². The van der Waals surface area contributed by atoms with E-state index >= 15 is 0 Å². The maximum Gasteiger partial charge on any atom is 0.241 e. The van der Waals surface area contributed by atoms with Crippen molar-refractivity contribution < 1.29 is 14.3 Å². The summed E-state index contributed by atoms with van der Waals surface area (Å²) in [4.78, 5) is 12.0. The molecule has 4 nitrogen and oxygen atoms in total. The van der Waals surface area contributed by atoms with Crippen molar-refractivity contribution in [2.45, 2.75) is 25.8 Å². The second-order valence-corrected chi connectivity index (χ2v) is 4.71. The van der Waals surface area contributed by atoms with Gasteiger partial charge in [0.2, 0.25) is 5.91 Å². The third-order valence-corrected chi connectivity index (χ3v) is 3.27. The first kappa shape index (κ1) is 12.8. The van der Waals surface area contributed by atoms with Crippen LogP contribution in [0, 0.1) is 11.7 Å². The largest absolute Gasteiger partial charge is 0.505 e. The van der Waals surface area contributed by atoms with Gasteiger partial charge in [0.1, 0.15) is 0 Å². The van der Waals surface area contributed by atoms with E-state index < -0.39 is 11.6 Å². The van der Waals surface area contributed by atoms with Gasteiger partial charge in [-0.05, 0) is 37.4 Å². The summed E-state index contributed by atoms with van der Waals surface area (Å²) >= 11 is 0. The number of hydrogen-bond donors (Lipinski definition) is 3. The van der Waals surface area contributed by atoms with Gasteiger partial charge in [-0.2, -0.15) is 0 Å². The zero-order valence-corrected chi connectivity index (χ0v) is 10.2. The Morgan fingerprint density at radius 3 is 3.00 bits per heavy atom. The molecule has 1 aliphatic heterocycles. The number of rotatable bonds is 2. The molecule has 2 atom stereocenters. The van der Waals surface area contributed by atoms with Crippen LogP contribution in [0.2, 0.25) is 0 Å². The SMILES string of the molecule is CC1CCCNC1C(=O)Nc1ccc(O)c(F)c1. The molecule has 98 valence electrons. The first-order valence-corrected chi connectivity index (χ1v) is 6.10. The summed E-state index contributed by atoms with van der Waals surface area (Å²) in [5, 5.41) is 14.9. The van der Waals surface area contributed by atoms with Crippen molar-refractivity contribution in [3.8, 4) is 5.75 Å². The average molecular weight is 252 g/mol. The summed E-state index contributed by atoms with van der Waals surface area (Å²) in [7, 11) is 0. The van der Waals surface area contributed by atoms with Gasteiger partial charge in [-0.25, -0.2) is 4.39 Å². The van der Waals surface area contributed by atoms with Crippen LogP contribution < -0.4 is 10.6 Å². The highest BCUT2D eigenvalue weighted by molar-refractivity contribution is 5.95. The van der Waals surface area contributed by atoms with Crippen LogP contribution in [-0.2, 0) is 4.79 Å². The Labute approximate surface area is 105 Å². The van der Waals surface area contributed by atoms with E-state index in [1.54, 1.807) is 0 Å². The maximum absolute atomic E-state index is 13.1. The fourth-order valence-electron chi connectivity index (χ4n) is 2.21. The molecule has 1 saturated heterocycles. The molecule has 1 aliphatic rings. The van der Waals surface area contributed by atoms with Crippen LogP contribution in [0.15, 0.2) is 18.2 Å². The van der Waals surface area contributed by atoms with E-state index in [1.807, 2.05) is 6.92 Å². The minimum atomic E-state index is -0.738. The number of carbonyl (C=O) groups is 1. The number of nitrogens with one attached hydrogen (secondary N) is 2. The molecule has 0 aliphatic carbocycles. The van der Waals surface area contributed by atoms with E-state index in [2.05, 4.69) is 10.6 Å². The summed E-state index contributed by atoms with van der Waals surface area (Å²) in [5.41, 5.74) is 0.356. The number of phenols is 1. The fourth-order valence-corrected chi connectivity index (χ4v) is 2.21. The fraction of sp³-hybridized carbons (Fsp3) is 0.462. The predicted octanol–water partition coefficient (Wildman–Crippen LogP) is 1.86. The lowest BCUT2D eigenvalue weighted by Gasteiger charge is -2.28. The lowest BCUT2D eigenvalue weighted by Crippen LogP contribution is -2.48. The minimum Gasteiger partial charge on any atom is -0.505 e. The molecule has 1 fully saturated rings. The number of carbonyl (C=O) groups excluding carboxylic acids is 1. The first-order valence-electron chi connectivity index (χ1n) is 6.10. The molecule has 1 amide bonds.